The van der Waals surface area contributed by atoms with E-state index in [2.05, 4.69) is 44.3 Å². The molecule has 4 aromatic carbocycles. The molecule has 0 spiro atoms. The van der Waals surface area contributed by atoms with Crippen LogP contribution >= 0.6 is 0 Å². The third kappa shape index (κ3) is 7.44. The molecule has 0 N–H and O–H groups in total. The average Bonchev–Trinajstić information content (AvgIpc) is 3.51. The molecule has 3 heterocycles. The number of anilines is 2. The summed E-state index contributed by atoms with van der Waals surface area (Å²) in [6.07, 6.45) is 0. The molecule has 0 fully saturated rings. The van der Waals surface area contributed by atoms with Gasteiger partial charge < -0.3 is 9.80 Å². The van der Waals surface area contributed by atoms with Crippen molar-refractivity contribution in [2.75, 3.05) is 16.8 Å². The van der Waals surface area contributed by atoms with Crippen LogP contribution in [0.1, 0.15) is 49.9 Å². The van der Waals surface area contributed by atoms with Crippen molar-refractivity contribution in [3.8, 4) is 34.4 Å². The summed E-state index contributed by atoms with van der Waals surface area (Å²) in [6.45, 7) is 8.84. The number of azide groups is 1. The lowest BCUT2D eigenvalue weighted by atomic mass is 9.95. The third-order valence-electron chi connectivity index (χ3n) is 8.36. The van der Waals surface area contributed by atoms with Crippen molar-refractivity contribution >= 4 is 23.2 Å². The van der Waals surface area contributed by atoms with Crippen LogP contribution in [0.25, 0.3) is 33.0 Å². The Labute approximate surface area is 293 Å². The zero-order valence-corrected chi connectivity index (χ0v) is 29.2. The van der Waals surface area contributed by atoms with Gasteiger partial charge in [-0.3, -0.25) is 9.59 Å². The maximum atomic E-state index is 12.9. The maximum Gasteiger partial charge on any atom is 0.229 e. The Morgan fingerprint density at radius 2 is 1.20 bits per heavy atom. The highest BCUT2D eigenvalue weighted by molar-refractivity contribution is 6.01. The molecular formula is C40H40N8O2. The van der Waals surface area contributed by atoms with E-state index < -0.39 is 0 Å². The summed E-state index contributed by atoms with van der Waals surface area (Å²) in [6, 6.07) is 32.0. The fourth-order valence-electron chi connectivity index (χ4n) is 5.90. The standard InChI is InChI=1S/C20H20N4O.C19H17NO.CH3N3/c1-13(2)20(25)24-12-14-8-4-5-9-15(14)19-18(21-22-23(19)3)16-10-6-7-11-17(16)24;1-14(2)19(21)20-13-17-9-4-3-7-15(17)11-12-16-8-5-6-10-18(16)20;1-3-4-2/h4-11,13H,12H2,1-3H3;3-10,14H,13H2,1-2H3;1H3. The molecule has 0 radical (unpaired) electrons. The van der Waals surface area contributed by atoms with Crippen LogP contribution in [0.2, 0.25) is 0 Å². The summed E-state index contributed by atoms with van der Waals surface area (Å²) in [5.74, 6) is 6.53. The number of carbonyl (C=O) groups is 2. The summed E-state index contributed by atoms with van der Waals surface area (Å²) in [7, 11) is 3.30. The quantitative estimate of drug-likeness (QED) is 0.0818. The first-order valence-electron chi connectivity index (χ1n) is 16.5. The molecule has 0 aliphatic carbocycles. The van der Waals surface area contributed by atoms with Crippen molar-refractivity contribution in [1.82, 2.24) is 15.0 Å². The number of hydrogen-bond acceptors (Lipinski definition) is 5. The van der Waals surface area contributed by atoms with Gasteiger partial charge >= 0.3 is 0 Å². The molecule has 10 nitrogen and oxygen atoms in total. The number of rotatable bonds is 2. The normalized spacial score (nSPS) is 12.1. The van der Waals surface area contributed by atoms with Crippen molar-refractivity contribution in [2.24, 2.45) is 24.0 Å². The van der Waals surface area contributed by atoms with E-state index in [9.17, 15) is 9.59 Å². The Morgan fingerprint density at radius 3 is 1.84 bits per heavy atom. The molecule has 0 atom stereocenters. The molecule has 2 aliphatic rings. The number of hydrogen-bond donors (Lipinski definition) is 0. The number of fused-ring (bicyclic) bond motifs is 7. The highest BCUT2D eigenvalue weighted by Crippen LogP contribution is 2.41. The predicted octanol–water partition coefficient (Wildman–Crippen LogP) is 8.17. The van der Waals surface area contributed by atoms with Crippen LogP contribution in [0.15, 0.2) is 102 Å². The van der Waals surface area contributed by atoms with Gasteiger partial charge in [0.15, 0.2) is 0 Å². The summed E-state index contributed by atoms with van der Waals surface area (Å²) < 4.78 is 1.81. The second-order valence-electron chi connectivity index (χ2n) is 12.5. The molecule has 2 amide bonds. The number of amides is 2. The van der Waals surface area contributed by atoms with E-state index in [0.29, 0.717) is 13.1 Å². The summed E-state index contributed by atoms with van der Waals surface area (Å²) in [4.78, 5) is 31.6. The molecule has 7 rings (SSSR count). The first-order valence-corrected chi connectivity index (χ1v) is 16.5. The largest absolute Gasteiger partial charge is 0.307 e. The predicted molar refractivity (Wildman–Crippen MR) is 198 cm³/mol. The minimum absolute atomic E-state index is 0.0439. The zero-order valence-electron chi connectivity index (χ0n) is 29.2. The van der Waals surface area contributed by atoms with Gasteiger partial charge in [-0.15, -0.1) is 5.10 Å². The Bertz CT molecular complexity index is 2130. The molecule has 0 saturated carbocycles. The summed E-state index contributed by atoms with van der Waals surface area (Å²) in [5.41, 5.74) is 17.0. The Morgan fingerprint density at radius 1 is 0.720 bits per heavy atom. The van der Waals surface area contributed by atoms with Crippen LogP contribution in [0.5, 0.6) is 0 Å². The van der Waals surface area contributed by atoms with E-state index in [0.717, 1.165) is 56.1 Å². The van der Waals surface area contributed by atoms with Crippen molar-refractivity contribution in [3.05, 3.63) is 130 Å². The third-order valence-corrected chi connectivity index (χ3v) is 8.36. The summed E-state index contributed by atoms with van der Waals surface area (Å²) >= 11 is 0. The van der Waals surface area contributed by atoms with Crippen LogP contribution in [-0.2, 0) is 29.7 Å². The topological polar surface area (TPSA) is 120 Å². The van der Waals surface area contributed by atoms with Crippen molar-refractivity contribution in [1.29, 1.82) is 0 Å². The van der Waals surface area contributed by atoms with Crippen LogP contribution in [-0.4, -0.2) is 33.9 Å². The van der Waals surface area contributed by atoms with E-state index >= 15 is 0 Å². The molecule has 2 aliphatic heterocycles. The van der Waals surface area contributed by atoms with Gasteiger partial charge in [-0.05, 0) is 40.9 Å². The SMILES string of the molecule is CC(C)C(=O)N1Cc2ccccc2-c2c(nnn2C)-c2ccccc21.CC(C)C(=O)N1Cc2ccccc2C#Cc2ccccc21.CN=[N+]=[N-]. The molecule has 252 valence electrons. The van der Waals surface area contributed by atoms with Gasteiger partial charge in [0.1, 0.15) is 5.69 Å². The van der Waals surface area contributed by atoms with Crippen molar-refractivity contribution < 1.29 is 9.59 Å². The number of nitrogens with zero attached hydrogens (tertiary/aromatic N) is 8. The minimum atomic E-state index is -0.0824. The lowest BCUT2D eigenvalue weighted by Gasteiger charge is -2.29. The molecule has 0 saturated heterocycles. The fourth-order valence-corrected chi connectivity index (χ4v) is 5.90. The monoisotopic (exact) mass is 664 g/mol. The molecule has 5 aromatic rings. The highest BCUT2D eigenvalue weighted by atomic mass is 16.2. The lowest BCUT2D eigenvalue weighted by molar-refractivity contribution is -0.122. The van der Waals surface area contributed by atoms with Crippen molar-refractivity contribution in [2.45, 2.75) is 40.8 Å². The van der Waals surface area contributed by atoms with Crippen LogP contribution in [0.3, 0.4) is 0 Å². The maximum absolute atomic E-state index is 12.9. The van der Waals surface area contributed by atoms with Gasteiger partial charge in [-0.1, -0.05) is 123 Å². The van der Waals surface area contributed by atoms with E-state index in [4.69, 9.17) is 5.53 Å². The number of aromatic nitrogens is 3. The number of carbonyl (C=O) groups excluding carboxylic acids is 2. The van der Waals surface area contributed by atoms with Gasteiger partial charge in [0.05, 0.1) is 30.2 Å². The second kappa shape index (κ2) is 15.8. The molecule has 0 unspecified atom stereocenters. The van der Waals surface area contributed by atoms with Crippen LogP contribution in [0, 0.1) is 23.7 Å². The van der Waals surface area contributed by atoms with Crippen LogP contribution in [0.4, 0.5) is 11.4 Å². The molecule has 0 bridgehead atoms. The molecule has 10 heteroatoms. The minimum Gasteiger partial charge on any atom is -0.307 e. The highest BCUT2D eigenvalue weighted by Gasteiger charge is 2.29. The second-order valence-corrected chi connectivity index (χ2v) is 12.5. The van der Waals surface area contributed by atoms with E-state index in [1.54, 1.807) is 0 Å². The number of para-hydroxylation sites is 2. The van der Waals surface area contributed by atoms with Gasteiger partial charge in [-0.2, -0.15) is 0 Å². The average molecular weight is 665 g/mol. The van der Waals surface area contributed by atoms with E-state index in [1.807, 2.05) is 134 Å². The fraction of sp³-hybridized carbons (Fsp3) is 0.250. The first-order chi connectivity index (χ1) is 24.2. The van der Waals surface area contributed by atoms with Crippen LogP contribution < -0.4 is 9.80 Å². The Hall–Kier alpha value is -6.17. The van der Waals surface area contributed by atoms with Gasteiger partial charge in [-0.25, -0.2) is 4.68 Å². The van der Waals surface area contributed by atoms with Gasteiger partial charge in [0.2, 0.25) is 11.8 Å². The summed E-state index contributed by atoms with van der Waals surface area (Å²) in [5, 5.41) is 11.6. The Balaban J connectivity index is 0.000000178. The van der Waals surface area contributed by atoms with E-state index in [-0.39, 0.29) is 23.7 Å². The number of benzene rings is 4. The lowest BCUT2D eigenvalue weighted by Crippen LogP contribution is -2.34. The first kappa shape index (κ1) is 35.1. The number of aryl methyl sites for hydroxylation is 1. The molecular weight excluding hydrogens is 624 g/mol. The smallest absolute Gasteiger partial charge is 0.229 e. The zero-order chi connectivity index (χ0) is 35.8. The van der Waals surface area contributed by atoms with Gasteiger partial charge in [0.25, 0.3) is 0 Å². The van der Waals surface area contributed by atoms with Crippen molar-refractivity contribution in [3.63, 3.8) is 0 Å². The van der Waals surface area contributed by atoms with Gasteiger partial charge in [0, 0.05) is 53.1 Å². The van der Waals surface area contributed by atoms with E-state index in [1.165, 1.54) is 7.05 Å². The molecule has 50 heavy (non-hydrogen) atoms. The Kier molecular flexibility index (Phi) is 11.1. The molecule has 1 aromatic heterocycles.